The minimum atomic E-state index is -0.707. The van der Waals surface area contributed by atoms with Gasteiger partial charge in [0.05, 0.1) is 12.1 Å². The summed E-state index contributed by atoms with van der Waals surface area (Å²) in [5.41, 5.74) is 0.0974. The van der Waals surface area contributed by atoms with Gasteiger partial charge in [0.1, 0.15) is 17.0 Å². The van der Waals surface area contributed by atoms with Gasteiger partial charge in [-0.1, -0.05) is 12.1 Å². The Balaban J connectivity index is 2.42. The molecule has 2 aromatic heterocycles. The quantitative estimate of drug-likeness (QED) is 0.572. The average molecular weight is 284 g/mol. The maximum absolute atomic E-state index is 12.5. The van der Waals surface area contributed by atoms with E-state index < -0.39 is 11.5 Å². The predicted molar refractivity (Wildman–Crippen MR) is 76.6 cm³/mol. The van der Waals surface area contributed by atoms with Crippen LogP contribution in [0.1, 0.15) is 17.3 Å². The standard InChI is InChI=1S/C15H12N2O4/c1-2-21-15(20)10-8-16-13-7-12(18)9-5-3-4-6-11(9)17(13)14(10)19/h3-8,18H,2H2,1H3. The third-order valence-corrected chi connectivity index (χ3v) is 3.17. The Kier molecular flexibility index (Phi) is 3.06. The van der Waals surface area contributed by atoms with Gasteiger partial charge in [-0.2, -0.15) is 0 Å². The molecule has 0 aliphatic heterocycles. The molecule has 0 atom stereocenters. The topological polar surface area (TPSA) is 80.9 Å². The van der Waals surface area contributed by atoms with Gasteiger partial charge in [-0.05, 0) is 19.1 Å². The smallest absolute Gasteiger partial charge is 0.345 e. The molecule has 0 bridgehead atoms. The molecule has 0 saturated carbocycles. The van der Waals surface area contributed by atoms with Gasteiger partial charge >= 0.3 is 5.97 Å². The second-order valence-corrected chi connectivity index (χ2v) is 4.44. The molecular formula is C15H12N2O4. The van der Waals surface area contributed by atoms with Crippen molar-refractivity contribution in [2.45, 2.75) is 6.92 Å². The van der Waals surface area contributed by atoms with Gasteiger partial charge in [-0.3, -0.25) is 9.20 Å². The summed E-state index contributed by atoms with van der Waals surface area (Å²) < 4.78 is 6.14. The van der Waals surface area contributed by atoms with Crippen molar-refractivity contribution in [2.24, 2.45) is 0 Å². The third kappa shape index (κ3) is 2.01. The number of aromatic hydroxyl groups is 1. The maximum Gasteiger partial charge on any atom is 0.345 e. The summed E-state index contributed by atoms with van der Waals surface area (Å²) in [7, 11) is 0. The molecule has 21 heavy (non-hydrogen) atoms. The molecule has 3 aromatic rings. The summed E-state index contributed by atoms with van der Waals surface area (Å²) in [6.45, 7) is 1.84. The molecule has 1 aromatic carbocycles. The van der Waals surface area contributed by atoms with Crippen LogP contribution in [-0.4, -0.2) is 27.1 Å². The lowest BCUT2D eigenvalue weighted by atomic mass is 10.2. The highest BCUT2D eigenvalue weighted by Gasteiger charge is 2.16. The minimum absolute atomic E-state index is 0.0291. The summed E-state index contributed by atoms with van der Waals surface area (Å²) in [5.74, 6) is -0.678. The van der Waals surface area contributed by atoms with Crippen molar-refractivity contribution in [2.75, 3.05) is 6.61 Å². The van der Waals surface area contributed by atoms with Crippen LogP contribution in [-0.2, 0) is 4.74 Å². The van der Waals surface area contributed by atoms with Crippen LogP contribution in [0.15, 0.2) is 41.3 Å². The Morgan fingerprint density at radius 1 is 1.38 bits per heavy atom. The lowest BCUT2D eigenvalue weighted by Gasteiger charge is -2.08. The molecule has 1 N–H and O–H groups in total. The van der Waals surface area contributed by atoms with E-state index in [0.29, 0.717) is 10.9 Å². The number of aromatic nitrogens is 2. The molecule has 0 amide bonds. The summed E-state index contributed by atoms with van der Waals surface area (Å²) in [5, 5.41) is 10.5. The number of hydrogen-bond acceptors (Lipinski definition) is 5. The van der Waals surface area contributed by atoms with E-state index in [0.717, 1.165) is 0 Å². The van der Waals surface area contributed by atoms with E-state index in [-0.39, 0.29) is 23.6 Å². The lowest BCUT2D eigenvalue weighted by Crippen LogP contribution is -2.24. The van der Waals surface area contributed by atoms with Gasteiger partial charge in [0.2, 0.25) is 0 Å². The van der Waals surface area contributed by atoms with Crippen molar-refractivity contribution in [1.82, 2.24) is 9.38 Å². The van der Waals surface area contributed by atoms with Crippen LogP contribution < -0.4 is 5.56 Å². The number of ether oxygens (including phenoxy) is 1. The fraction of sp³-hybridized carbons (Fsp3) is 0.133. The van der Waals surface area contributed by atoms with Gasteiger partial charge in [-0.15, -0.1) is 0 Å². The van der Waals surface area contributed by atoms with Gasteiger partial charge in [0, 0.05) is 17.6 Å². The van der Waals surface area contributed by atoms with Gasteiger partial charge in [0.15, 0.2) is 0 Å². The third-order valence-electron chi connectivity index (χ3n) is 3.17. The molecule has 6 heteroatoms. The molecule has 0 radical (unpaired) electrons. The molecule has 0 spiro atoms. The summed E-state index contributed by atoms with van der Waals surface area (Å²) in [6, 6.07) is 8.25. The highest BCUT2D eigenvalue weighted by Crippen LogP contribution is 2.25. The van der Waals surface area contributed by atoms with E-state index in [9.17, 15) is 14.7 Å². The monoisotopic (exact) mass is 284 g/mol. The normalized spacial score (nSPS) is 10.9. The van der Waals surface area contributed by atoms with Crippen molar-refractivity contribution in [3.63, 3.8) is 0 Å². The number of hydrogen-bond donors (Lipinski definition) is 1. The maximum atomic E-state index is 12.5. The molecule has 0 saturated heterocycles. The van der Waals surface area contributed by atoms with Gasteiger partial charge < -0.3 is 9.84 Å². The van der Waals surface area contributed by atoms with Crippen molar-refractivity contribution < 1.29 is 14.6 Å². The molecule has 3 rings (SSSR count). The highest BCUT2D eigenvalue weighted by atomic mass is 16.5. The second-order valence-electron chi connectivity index (χ2n) is 4.44. The number of para-hydroxylation sites is 1. The number of nitrogens with zero attached hydrogens (tertiary/aromatic N) is 2. The Bertz CT molecular complexity index is 915. The van der Waals surface area contributed by atoms with Crippen LogP contribution in [0.3, 0.4) is 0 Å². The summed E-state index contributed by atoms with van der Waals surface area (Å²) in [6.07, 6.45) is 1.17. The molecule has 0 unspecified atom stereocenters. The lowest BCUT2D eigenvalue weighted by molar-refractivity contribution is 0.0523. The molecule has 106 valence electrons. The Hall–Kier alpha value is -2.89. The van der Waals surface area contributed by atoms with E-state index in [1.54, 1.807) is 31.2 Å². The van der Waals surface area contributed by atoms with E-state index in [2.05, 4.69) is 4.98 Å². The molecule has 2 heterocycles. The zero-order valence-electron chi connectivity index (χ0n) is 11.2. The number of benzene rings is 1. The molecule has 6 nitrogen and oxygen atoms in total. The first-order chi connectivity index (χ1) is 10.1. The molecule has 0 aliphatic carbocycles. The Labute approximate surface area is 119 Å². The van der Waals surface area contributed by atoms with Gasteiger partial charge in [-0.25, -0.2) is 9.78 Å². The summed E-state index contributed by atoms with van der Waals surface area (Å²) >= 11 is 0. The van der Waals surface area contributed by atoms with E-state index in [4.69, 9.17) is 4.74 Å². The average Bonchev–Trinajstić information content (AvgIpc) is 2.48. The Morgan fingerprint density at radius 3 is 2.90 bits per heavy atom. The van der Waals surface area contributed by atoms with Crippen LogP contribution in [0, 0.1) is 0 Å². The van der Waals surface area contributed by atoms with Crippen LogP contribution in [0.5, 0.6) is 5.75 Å². The second kappa shape index (κ2) is 4.90. The van der Waals surface area contributed by atoms with E-state index >= 15 is 0 Å². The van der Waals surface area contributed by atoms with Crippen molar-refractivity contribution in [1.29, 1.82) is 0 Å². The first kappa shape index (κ1) is 13.1. The fourth-order valence-corrected chi connectivity index (χ4v) is 2.24. The first-order valence-corrected chi connectivity index (χ1v) is 6.43. The number of carbonyl (C=O) groups excluding carboxylic acids is 1. The number of esters is 1. The van der Waals surface area contributed by atoms with Crippen LogP contribution in [0.4, 0.5) is 0 Å². The highest BCUT2D eigenvalue weighted by molar-refractivity contribution is 5.91. The summed E-state index contributed by atoms with van der Waals surface area (Å²) in [4.78, 5) is 28.4. The van der Waals surface area contributed by atoms with Crippen molar-refractivity contribution >= 4 is 22.5 Å². The van der Waals surface area contributed by atoms with Crippen LogP contribution in [0.2, 0.25) is 0 Å². The first-order valence-electron chi connectivity index (χ1n) is 6.43. The fourth-order valence-electron chi connectivity index (χ4n) is 2.24. The molecule has 0 fully saturated rings. The van der Waals surface area contributed by atoms with Gasteiger partial charge in [0.25, 0.3) is 5.56 Å². The van der Waals surface area contributed by atoms with Crippen molar-refractivity contribution in [3.8, 4) is 5.75 Å². The van der Waals surface area contributed by atoms with Crippen LogP contribution >= 0.6 is 0 Å². The number of rotatable bonds is 2. The minimum Gasteiger partial charge on any atom is -0.507 e. The molecular weight excluding hydrogens is 272 g/mol. The van der Waals surface area contributed by atoms with E-state index in [1.807, 2.05) is 0 Å². The zero-order chi connectivity index (χ0) is 15.0. The predicted octanol–water partition coefficient (Wildman–Crippen LogP) is 1.73. The zero-order valence-corrected chi connectivity index (χ0v) is 11.2. The Morgan fingerprint density at radius 2 is 2.14 bits per heavy atom. The SMILES string of the molecule is CCOC(=O)c1cnc2cc(O)c3ccccc3n2c1=O. The largest absolute Gasteiger partial charge is 0.507 e. The van der Waals surface area contributed by atoms with Crippen LogP contribution in [0.25, 0.3) is 16.6 Å². The number of pyridine rings is 1. The molecule has 0 aliphatic rings. The van der Waals surface area contributed by atoms with E-state index in [1.165, 1.54) is 16.7 Å². The number of fused-ring (bicyclic) bond motifs is 3. The van der Waals surface area contributed by atoms with Crippen molar-refractivity contribution in [3.05, 3.63) is 52.4 Å². The number of carbonyl (C=O) groups is 1.